The largest absolute Gasteiger partial charge is 0.493 e. The van der Waals surface area contributed by atoms with E-state index in [1.54, 1.807) is 31.4 Å². The molecule has 3 aliphatic heterocycles. The molecule has 0 bridgehead atoms. The Kier molecular flexibility index (Phi) is 4.12. The van der Waals surface area contributed by atoms with Crippen molar-refractivity contribution < 1.29 is 28.6 Å². The predicted octanol–water partition coefficient (Wildman–Crippen LogP) is 2.41. The van der Waals surface area contributed by atoms with Crippen molar-refractivity contribution in [3.05, 3.63) is 53.1 Å². The molecule has 2 amide bonds. The van der Waals surface area contributed by atoms with E-state index in [1.807, 2.05) is 12.1 Å². The van der Waals surface area contributed by atoms with Gasteiger partial charge in [0.25, 0.3) is 11.8 Å². The smallest absolute Gasteiger partial charge is 0.261 e. The SMILES string of the molecule is COc1cc(CC2CC(CN3C(=O)c4ccccc4C3=O)=NO2)cc2c1OCO2. The number of oxime groups is 1. The lowest BCUT2D eigenvalue weighted by Crippen LogP contribution is -2.34. The van der Waals surface area contributed by atoms with Gasteiger partial charge in [0.05, 0.1) is 30.5 Å². The zero-order chi connectivity index (χ0) is 20.0. The van der Waals surface area contributed by atoms with Crippen LogP contribution in [0.25, 0.3) is 0 Å². The summed E-state index contributed by atoms with van der Waals surface area (Å²) >= 11 is 0. The average molecular weight is 394 g/mol. The zero-order valence-corrected chi connectivity index (χ0v) is 15.7. The highest BCUT2D eigenvalue weighted by molar-refractivity contribution is 6.22. The molecule has 5 rings (SSSR count). The molecule has 0 saturated carbocycles. The standard InChI is InChI=1S/C21H18N2O6/c1-26-17-7-12(8-18-19(17)28-11-27-18)6-14-9-13(22-29-14)10-23-20(24)15-4-2-3-5-16(15)21(23)25/h2-5,7-8,14H,6,9-11H2,1H3. The first-order valence-corrected chi connectivity index (χ1v) is 9.27. The lowest BCUT2D eigenvalue weighted by Gasteiger charge is -2.13. The van der Waals surface area contributed by atoms with Crippen LogP contribution in [-0.2, 0) is 11.3 Å². The summed E-state index contributed by atoms with van der Waals surface area (Å²) in [7, 11) is 1.58. The summed E-state index contributed by atoms with van der Waals surface area (Å²) in [6.07, 6.45) is 0.928. The average Bonchev–Trinajstić information content (AvgIpc) is 3.44. The summed E-state index contributed by atoms with van der Waals surface area (Å²) in [6, 6.07) is 10.6. The van der Waals surface area contributed by atoms with Gasteiger partial charge in [-0.3, -0.25) is 14.5 Å². The quantitative estimate of drug-likeness (QED) is 0.724. The third-order valence-corrected chi connectivity index (χ3v) is 5.19. The number of fused-ring (bicyclic) bond motifs is 2. The number of ether oxygens (including phenoxy) is 3. The van der Waals surface area contributed by atoms with Crippen LogP contribution in [0.3, 0.4) is 0 Å². The first-order valence-electron chi connectivity index (χ1n) is 9.27. The van der Waals surface area contributed by atoms with E-state index in [-0.39, 0.29) is 31.3 Å². The zero-order valence-electron chi connectivity index (χ0n) is 15.7. The molecule has 1 unspecified atom stereocenters. The molecular weight excluding hydrogens is 376 g/mol. The number of hydrogen-bond acceptors (Lipinski definition) is 7. The molecule has 8 nitrogen and oxygen atoms in total. The maximum absolute atomic E-state index is 12.5. The van der Waals surface area contributed by atoms with E-state index in [1.165, 1.54) is 4.90 Å². The molecule has 0 N–H and O–H groups in total. The summed E-state index contributed by atoms with van der Waals surface area (Å²) in [5, 5.41) is 4.11. The van der Waals surface area contributed by atoms with Crippen LogP contribution in [0.2, 0.25) is 0 Å². The molecule has 29 heavy (non-hydrogen) atoms. The van der Waals surface area contributed by atoms with E-state index in [0.717, 1.165) is 5.56 Å². The van der Waals surface area contributed by atoms with Gasteiger partial charge in [-0.2, -0.15) is 0 Å². The van der Waals surface area contributed by atoms with Crippen LogP contribution in [0, 0.1) is 0 Å². The molecule has 0 spiro atoms. The van der Waals surface area contributed by atoms with Crippen LogP contribution in [0.1, 0.15) is 32.7 Å². The molecule has 0 radical (unpaired) electrons. The summed E-state index contributed by atoms with van der Waals surface area (Å²) in [5.41, 5.74) is 2.49. The fourth-order valence-corrected chi connectivity index (χ4v) is 3.82. The molecule has 2 aromatic carbocycles. The molecular formula is C21H18N2O6. The van der Waals surface area contributed by atoms with Crippen LogP contribution in [-0.4, -0.2) is 49.0 Å². The number of benzene rings is 2. The third-order valence-electron chi connectivity index (χ3n) is 5.19. The fourth-order valence-electron chi connectivity index (χ4n) is 3.82. The van der Waals surface area contributed by atoms with Crippen LogP contribution in [0.15, 0.2) is 41.6 Å². The van der Waals surface area contributed by atoms with Crippen molar-refractivity contribution >= 4 is 17.5 Å². The Bertz CT molecular complexity index is 1010. The van der Waals surface area contributed by atoms with Crippen molar-refractivity contribution in [2.45, 2.75) is 18.9 Å². The molecule has 0 fully saturated rings. The van der Waals surface area contributed by atoms with E-state index in [9.17, 15) is 9.59 Å². The lowest BCUT2D eigenvalue weighted by atomic mass is 10.0. The molecule has 3 heterocycles. The Balaban J connectivity index is 1.25. The molecule has 0 aromatic heterocycles. The monoisotopic (exact) mass is 394 g/mol. The number of carbonyl (C=O) groups is 2. The molecule has 8 heteroatoms. The second kappa shape index (κ2) is 6.80. The first kappa shape index (κ1) is 17.5. The Labute approximate surface area is 166 Å². The molecule has 1 atom stereocenters. The summed E-state index contributed by atoms with van der Waals surface area (Å²) in [4.78, 5) is 31.8. The Morgan fingerprint density at radius 1 is 1.14 bits per heavy atom. The highest BCUT2D eigenvalue weighted by Crippen LogP contribution is 2.42. The number of carbonyl (C=O) groups excluding carboxylic acids is 2. The van der Waals surface area contributed by atoms with Crippen LogP contribution in [0.5, 0.6) is 17.2 Å². The van der Waals surface area contributed by atoms with Crippen LogP contribution in [0.4, 0.5) is 0 Å². The van der Waals surface area contributed by atoms with Gasteiger partial charge in [0.2, 0.25) is 12.5 Å². The van der Waals surface area contributed by atoms with Crippen LogP contribution < -0.4 is 14.2 Å². The summed E-state index contributed by atoms with van der Waals surface area (Å²) in [6.45, 7) is 0.302. The van der Waals surface area contributed by atoms with Gasteiger partial charge in [-0.25, -0.2) is 0 Å². The number of nitrogens with zero attached hydrogens (tertiary/aromatic N) is 2. The van der Waals surface area contributed by atoms with Gasteiger partial charge in [-0.05, 0) is 29.8 Å². The Morgan fingerprint density at radius 3 is 2.62 bits per heavy atom. The number of amides is 2. The van der Waals surface area contributed by atoms with Crippen molar-refractivity contribution in [3.8, 4) is 17.2 Å². The third kappa shape index (κ3) is 2.97. The predicted molar refractivity (Wildman–Crippen MR) is 102 cm³/mol. The molecule has 0 saturated heterocycles. The van der Waals surface area contributed by atoms with E-state index >= 15 is 0 Å². The van der Waals surface area contributed by atoms with Crippen molar-refractivity contribution in [2.75, 3.05) is 20.4 Å². The minimum atomic E-state index is -0.294. The number of methoxy groups -OCH3 is 1. The van der Waals surface area contributed by atoms with Crippen molar-refractivity contribution in [2.24, 2.45) is 5.16 Å². The molecule has 148 valence electrons. The summed E-state index contributed by atoms with van der Waals surface area (Å²) < 4.78 is 16.2. The Hall–Kier alpha value is -3.55. The maximum atomic E-state index is 12.5. The van der Waals surface area contributed by atoms with Crippen LogP contribution >= 0.6 is 0 Å². The molecule has 0 aliphatic carbocycles. The number of hydrogen-bond donors (Lipinski definition) is 0. The Morgan fingerprint density at radius 2 is 1.90 bits per heavy atom. The van der Waals surface area contributed by atoms with Gasteiger partial charge < -0.3 is 19.0 Å². The normalized spacial score (nSPS) is 19.3. The molecule has 3 aliphatic rings. The van der Waals surface area contributed by atoms with E-state index in [4.69, 9.17) is 19.0 Å². The van der Waals surface area contributed by atoms with Gasteiger partial charge in [0, 0.05) is 12.8 Å². The van der Waals surface area contributed by atoms with E-state index in [2.05, 4.69) is 5.16 Å². The second-order valence-electron chi connectivity index (χ2n) is 7.07. The maximum Gasteiger partial charge on any atom is 0.261 e. The first-order chi connectivity index (χ1) is 14.1. The number of imide groups is 1. The van der Waals surface area contributed by atoms with Gasteiger partial charge in [-0.1, -0.05) is 17.3 Å². The fraction of sp³-hybridized carbons (Fsp3) is 0.286. The topological polar surface area (TPSA) is 86.7 Å². The summed E-state index contributed by atoms with van der Waals surface area (Å²) in [5.74, 6) is 1.27. The van der Waals surface area contributed by atoms with Gasteiger partial charge >= 0.3 is 0 Å². The highest BCUT2D eigenvalue weighted by atomic mass is 16.7. The van der Waals surface area contributed by atoms with Gasteiger partial charge in [-0.15, -0.1) is 0 Å². The number of rotatable bonds is 5. The van der Waals surface area contributed by atoms with Crippen molar-refractivity contribution in [1.82, 2.24) is 4.90 Å². The van der Waals surface area contributed by atoms with E-state index in [0.29, 0.717) is 46.9 Å². The van der Waals surface area contributed by atoms with Crippen molar-refractivity contribution in [1.29, 1.82) is 0 Å². The van der Waals surface area contributed by atoms with Crippen molar-refractivity contribution in [3.63, 3.8) is 0 Å². The van der Waals surface area contributed by atoms with E-state index < -0.39 is 0 Å². The van der Waals surface area contributed by atoms with Gasteiger partial charge in [0.1, 0.15) is 6.10 Å². The van der Waals surface area contributed by atoms with Gasteiger partial charge in [0.15, 0.2) is 11.5 Å². The molecule has 2 aromatic rings. The second-order valence-corrected chi connectivity index (χ2v) is 7.07. The highest BCUT2D eigenvalue weighted by Gasteiger charge is 2.37. The minimum absolute atomic E-state index is 0.132. The minimum Gasteiger partial charge on any atom is -0.493 e. The lowest BCUT2D eigenvalue weighted by molar-refractivity contribution is 0.0676.